The van der Waals surface area contributed by atoms with Gasteiger partial charge in [-0.15, -0.1) is 11.8 Å². The molecule has 2 aromatic rings. The van der Waals surface area contributed by atoms with Gasteiger partial charge in [0.15, 0.2) is 0 Å². The van der Waals surface area contributed by atoms with Gasteiger partial charge in [0.1, 0.15) is 0 Å². The molecule has 0 aliphatic carbocycles. The van der Waals surface area contributed by atoms with Crippen molar-refractivity contribution in [3.8, 4) is 0 Å². The molecule has 0 saturated heterocycles. The van der Waals surface area contributed by atoms with Crippen LogP contribution in [0.1, 0.15) is 15.9 Å². The largest absolute Gasteiger partial charge is 0.365 e. The molecule has 0 radical (unpaired) electrons. The Kier molecular flexibility index (Phi) is 4.13. The Labute approximate surface area is 127 Å². The highest BCUT2D eigenvalue weighted by Gasteiger charge is 2.16. The van der Waals surface area contributed by atoms with E-state index in [0.29, 0.717) is 5.56 Å². The first-order valence-electron chi connectivity index (χ1n) is 6.78. The SMILES string of the molecule is O=C(NO)c1ccc(CN2CCSc3ccccc32)cc1. The van der Waals surface area contributed by atoms with Crippen LogP contribution in [0.4, 0.5) is 5.69 Å². The fraction of sp³-hybridized carbons (Fsp3) is 0.188. The van der Waals surface area contributed by atoms with Crippen LogP contribution in [0.5, 0.6) is 0 Å². The lowest BCUT2D eigenvalue weighted by atomic mass is 10.1. The molecule has 5 heteroatoms. The summed E-state index contributed by atoms with van der Waals surface area (Å²) < 4.78 is 0. The third kappa shape index (κ3) is 3.04. The Balaban J connectivity index is 1.77. The second kappa shape index (κ2) is 6.20. The zero-order valence-electron chi connectivity index (χ0n) is 11.5. The number of nitrogens with zero attached hydrogens (tertiary/aromatic N) is 1. The minimum Gasteiger partial charge on any atom is -0.365 e. The maximum absolute atomic E-state index is 11.3. The highest BCUT2D eigenvalue weighted by Crippen LogP contribution is 2.34. The summed E-state index contributed by atoms with van der Waals surface area (Å²) in [6.07, 6.45) is 0. The first kappa shape index (κ1) is 14.0. The van der Waals surface area contributed by atoms with Gasteiger partial charge in [0.05, 0.1) is 5.69 Å². The van der Waals surface area contributed by atoms with Crippen LogP contribution >= 0.6 is 11.8 Å². The summed E-state index contributed by atoms with van der Waals surface area (Å²) in [5, 5.41) is 8.62. The Morgan fingerprint density at radius 1 is 1.19 bits per heavy atom. The van der Waals surface area contributed by atoms with E-state index in [4.69, 9.17) is 5.21 Å². The summed E-state index contributed by atoms with van der Waals surface area (Å²) in [6.45, 7) is 1.83. The lowest BCUT2D eigenvalue weighted by Crippen LogP contribution is -2.28. The molecule has 0 aromatic heterocycles. The maximum Gasteiger partial charge on any atom is 0.274 e. The van der Waals surface area contributed by atoms with Gasteiger partial charge >= 0.3 is 0 Å². The number of hydroxylamine groups is 1. The van der Waals surface area contributed by atoms with Crippen LogP contribution < -0.4 is 10.4 Å². The van der Waals surface area contributed by atoms with Gasteiger partial charge in [0, 0.05) is 29.3 Å². The van der Waals surface area contributed by atoms with E-state index in [9.17, 15) is 4.79 Å². The van der Waals surface area contributed by atoms with Crippen LogP contribution in [0.3, 0.4) is 0 Å². The maximum atomic E-state index is 11.3. The highest BCUT2D eigenvalue weighted by atomic mass is 32.2. The molecule has 2 N–H and O–H groups in total. The van der Waals surface area contributed by atoms with Crippen molar-refractivity contribution < 1.29 is 10.0 Å². The molecular weight excluding hydrogens is 284 g/mol. The zero-order chi connectivity index (χ0) is 14.7. The Hall–Kier alpha value is -1.98. The zero-order valence-corrected chi connectivity index (χ0v) is 12.3. The molecule has 21 heavy (non-hydrogen) atoms. The smallest absolute Gasteiger partial charge is 0.274 e. The normalized spacial score (nSPS) is 13.7. The van der Waals surface area contributed by atoms with Crippen LogP contribution in [0, 0.1) is 0 Å². The number of anilines is 1. The number of hydrogen-bond donors (Lipinski definition) is 2. The van der Waals surface area contributed by atoms with Crippen molar-refractivity contribution in [3.63, 3.8) is 0 Å². The van der Waals surface area contributed by atoms with Crippen molar-refractivity contribution in [2.24, 2.45) is 0 Å². The summed E-state index contributed by atoms with van der Waals surface area (Å²) in [4.78, 5) is 15.0. The van der Waals surface area contributed by atoms with E-state index in [1.54, 1.807) is 17.6 Å². The number of rotatable bonds is 3. The number of nitrogens with one attached hydrogen (secondary N) is 1. The standard InChI is InChI=1S/C16H16N2O2S/c19-16(17-20)13-7-5-12(6-8-13)11-18-9-10-21-15-4-2-1-3-14(15)18/h1-8,20H,9-11H2,(H,17,19). The minimum absolute atomic E-state index is 0.454. The molecule has 1 heterocycles. The Bertz CT molecular complexity index is 643. The topological polar surface area (TPSA) is 52.6 Å². The summed E-state index contributed by atoms with van der Waals surface area (Å²) in [5.41, 5.74) is 4.51. The fourth-order valence-corrected chi connectivity index (χ4v) is 3.49. The molecule has 2 aromatic carbocycles. The van der Waals surface area contributed by atoms with Crippen LogP contribution in [0.25, 0.3) is 0 Å². The first-order valence-corrected chi connectivity index (χ1v) is 7.76. The van der Waals surface area contributed by atoms with E-state index in [1.807, 2.05) is 23.9 Å². The predicted molar refractivity (Wildman–Crippen MR) is 83.9 cm³/mol. The van der Waals surface area contributed by atoms with Gasteiger partial charge in [-0.05, 0) is 29.8 Å². The first-order chi connectivity index (χ1) is 10.3. The van der Waals surface area contributed by atoms with Gasteiger partial charge in [-0.2, -0.15) is 0 Å². The van der Waals surface area contributed by atoms with Crippen LogP contribution in [-0.4, -0.2) is 23.4 Å². The molecule has 0 saturated carbocycles. The third-order valence-electron chi connectivity index (χ3n) is 3.52. The highest BCUT2D eigenvalue weighted by molar-refractivity contribution is 7.99. The lowest BCUT2D eigenvalue weighted by molar-refractivity contribution is 0.0706. The minimum atomic E-state index is -0.485. The van der Waals surface area contributed by atoms with Crippen LogP contribution in [0.15, 0.2) is 53.4 Å². The molecular formula is C16H16N2O2S. The number of carbonyl (C=O) groups is 1. The van der Waals surface area contributed by atoms with E-state index in [0.717, 1.165) is 24.4 Å². The van der Waals surface area contributed by atoms with Gasteiger partial charge in [-0.3, -0.25) is 10.0 Å². The molecule has 0 atom stereocenters. The summed E-state index contributed by atoms with van der Waals surface area (Å²) in [7, 11) is 0. The van der Waals surface area contributed by atoms with Gasteiger partial charge in [0.2, 0.25) is 0 Å². The predicted octanol–water partition coefficient (Wildman–Crippen LogP) is 2.92. The molecule has 0 bridgehead atoms. The van der Waals surface area contributed by atoms with Gasteiger partial charge in [-0.1, -0.05) is 24.3 Å². The number of para-hydroxylation sites is 1. The second-order valence-electron chi connectivity index (χ2n) is 4.88. The summed E-state index contributed by atoms with van der Waals surface area (Å²) in [6, 6.07) is 15.7. The van der Waals surface area contributed by atoms with Gasteiger partial charge in [-0.25, -0.2) is 5.48 Å². The molecule has 4 nitrogen and oxygen atoms in total. The van der Waals surface area contributed by atoms with Crippen molar-refractivity contribution in [1.82, 2.24) is 5.48 Å². The average Bonchev–Trinajstić information content (AvgIpc) is 2.55. The average molecular weight is 300 g/mol. The monoisotopic (exact) mass is 300 g/mol. The van der Waals surface area contributed by atoms with Crippen molar-refractivity contribution in [1.29, 1.82) is 0 Å². The van der Waals surface area contributed by atoms with Crippen molar-refractivity contribution >= 4 is 23.4 Å². The van der Waals surface area contributed by atoms with Crippen LogP contribution in [0.2, 0.25) is 0 Å². The van der Waals surface area contributed by atoms with Gasteiger partial charge < -0.3 is 4.90 Å². The number of amides is 1. The fourth-order valence-electron chi connectivity index (χ4n) is 2.44. The number of benzene rings is 2. The van der Waals surface area contributed by atoms with Crippen molar-refractivity contribution in [2.75, 3.05) is 17.2 Å². The van der Waals surface area contributed by atoms with E-state index < -0.39 is 5.91 Å². The number of thioether (sulfide) groups is 1. The Morgan fingerprint density at radius 3 is 2.71 bits per heavy atom. The van der Waals surface area contributed by atoms with Crippen molar-refractivity contribution in [3.05, 3.63) is 59.7 Å². The number of hydrogen-bond acceptors (Lipinski definition) is 4. The quantitative estimate of drug-likeness (QED) is 0.676. The third-order valence-corrected chi connectivity index (χ3v) is 4.56. The molecule has 3 rings (SSSR count). The summed E-state index contributed by atoms with van der Waals surface area (Å²) in [5.74, 6) is 0.600. The molecule has 0 fully saturated rings. The molecule has 0 unspecified atom stereocenters. The summed E-state index contributed by atoms with van der Waals surface area (Å²) >= 11 is 1.89. The van der Waals surface area contributed by atoms with E-state index >= 15 is 0 Å². The Morgan fingerprint density at radius 2 is 1.95 bits per heavy atom. The molecule has 108 valence electrons. The molecule has 1 amide bonds. The second-order valence-corrected chi connectivity index (χ2v) is 6.01. The molecule has 0 spiro atoms. The van der Waals surface area contributed by atoms with E-state index in [2.05, 4.69) is 29.2 Å². The van der Waals surface area contributed by atoms with E-state index in [1.165, 1.54) is 10.6 Å². The lowest BCUT2D eigenvalue weighted by Gasteiger charge is -2.30. The molecule has 1 aliphatic heterocycles. The van der Waals surface area contributed by atoms with E-state index in [-0.39, 0.29) is 0 Å². The van der Waals surface area contributed by atoms with Crippen molar-refractivity contribution in [2.45, 2.75) is 11.4 Å². The number of fused-ring (bicyclic) bond motifs is 1. The van der Waals surface area contributed by atoms with Crippen LogP contribution in [-0.2, 0) is 6.54 Å². The van der Waals surface area contributed by atoms with Gasteiger partial charge in [0.25, 0.3) is 5.91 Å². The molecule has 1 aliphatic rings. The number of carbonyl (C=O) groups excluding carboxylic acids is 1.